The Labute approximate surface area is 285 Å². The lowest BCUT2D eigenvalue weighted by Crippen LogP contribution is -2.42. The normalized spacial score (nSPS) is 11.3. The quantitative estimate of drug-likeness (QED) is 0.0602. The number of amides is 2. The molecule has 10 heteroatoms. The number of hydrogen-bond acceptors (Lipinski definition) is 6. The van der Waals surface area contributed by atoms with E-state index in [1.54, 1.807) is 84.9 Å². The van der Waals surface area contributed by atoms with E-state index >= 15 is 0 Å². The highest BCUT2D eigenvalue weighted by molar-refractivity contribution is 6.30. The number of rotatable bonds is 17. The highest BCUT2D eigenvalue weighted by atomic mass is 35.5. The first-order valence-electron chi connectivity index (χ1n) is 15.9. The van der Waals surface area contributed by atoms with Crippen molar-refractivity contribution >= 4 is 41.0 Å². The zero-order valence-electron chi connectivity index (χ0n) is 26.7. The fourth-order valence-electron chi connectivity index (χ4n) is 4.86. The first-order valence-corrected chi connectivity index (χ1v) is 16.3. The molecule has 0 spiro atoms. The van der Waals surface area contributed by atoms with E-state index in [-0.39, 0.29) is 24.3 Å². The lowest BCUT2D eigenvalue weighted by molar-refractivity contribution is -0.139. The summed E-state index contributed by atoms with van der Waals surface area (Å²) in [6.07, 6.45) is 5.90. The number of halogens is 1. The minimum atomic E-state index is -1.21. The van der Waals surface area contributed by atoms with E-state index < -0.39 is 23.9 Å². The van der Waals surface area contributed by atoms with Gasteiger partial charge in [-0.25, -0.2) is 9.59 Å². The van der Waals surface area contributed by atoms with E-state index in [4.69, 9.17) is 21.1 Å². The molecule has 0 bridgehead atoms. The van der Waals surface area contributed by atoms with Gasteiger partial charge in [-0.2, -0.15) is 0 Å². The van der Waals surface area contributed by atoms with Gasteiger partial charge in [0.1, 0.15) is 17.5 Å². The second-order valence-corrected chi connectivity index (χ2v) is 11.8. The van der Waals surface area contributed by atoms with E-state index in [0.717, 1.165) is 18.4 Å². The molecular weight excluding hydrogens is 632 g/mol. The fourth-order valence-corrected chi connectivity index (χ4v) is 5.08. The van der Waals surface area contributed by atoms with Crippen LogP contribution in [0.1, 0.15) is 70.9 Å². The van der Waals surface area contributed by atoms with Crippen molar-refractivity contribution in [1.29, 1.82) is 0 Å². The molecule has 0 radical (unpaired) electrons. The van der Waals surface area contributed by atoms with Crippen LogP contribution in [0.4, 0.5) is 5.69 Å². The molecule has 3 N–H and O–H groups in total. The molecule has 0 aliphatic rings. The van der Waals surface area contributed by atoms with Gasteiger partial charge in [-0.05, 0) is 90.3 Å². The second-order valence-electron chi connectivity index (χ2n) is 11.3. The number of unbranched alkanes of at least 4 members (excludes halogenated alkanes) is 4. The summed E-state index contributed by atoms with van der Waals surface area (Å²) in [4.78, 5) is 49.8. The van der Waals surface area contributed by atoms with Gasteiger partial charge in [0.25, 0.3) is 5.91 Å². The van der Waals surface area contributed by atoms with E-state index in [0.29, 0.717) is 39.9 Å². The summed E-state index contributed by atoms with van der Waals surface area (Å²) in [5.74, 6) is -1.56. The van der Waals surface area contributed by atoms with Crippen LogP contribution >= 0.6 is 11.6 Å². The van der Waals surface area contributed by atoms with Crippen molar-refractivity contribution in [3.8, 4) is 11.5 Å². The van der Waals surface area contributed by atoms with E-state index in [1.807, 2.05) is 0 Å². The van der Waals surface area contributed by atoms with Gasteiger partial charge in [-0.1, -0.05) is 68.5 Å². The Morgan fingerprint density at radius 2 is 1.44 bits per heavy atom. The standard InChI is InChI=1S/C38H39ClN2O7/c1-2-3-4-5-6-22-47-32-20-14-29(15-21-32)38(46)48-33-18-10-26(11-19-33)24-34(37(44)45)41-36(43)28-12-16-31(17-13-28)40-35(42)25-27-8-7-9-30(39)23-27/h7-21,23,34H,2-6,22,24-25H2,1H3,(H,40,42)(H,41,43)(H,44,45). The van der Waals surface area contributed by atoms with Crippen LogP contribution in [-0.2, 0) is 22.4 Å². The average Bonchev–Trinajstić information content (AvgIpc) is 3.07. The third-order valence-electron chi connectivity index (χ3n) is 7.47. The van der Waals surface area contributed by atoms with Gasteiger partial charge in [0.05, 0.1) is 18.6 Å². The Hall–Kier alpha value is -5.15. The summed E-state index contributed by atoms with van der Waals surface area (Å²) in [5.41, 5.74) is 2.48. The van der Waals surface area contributed by atoms with Crippen LogP contribution in [0.2, 0.25) is 5.02 Å². The SMILES string of the molecule is CCCCCCCOc1ccc(C(=O)Oc2ccc(CC(NC(=O)c3ccc(NC(=O)Cc4cccc(Cl)c4)cc3)C(=O)O)cc2)cc1. The van der Waals surface area contributed by atoms with Crippen LogP contribution in [0.3, 0.4) is 0 Å². The van der Waals surface area contributed by atoms with Crippen molar-refractivity contribution in [3.63, 3.8) is 0 Å². The summed E-state index contributed by atoms with van der Waals surface area (Å²) < 4.78 is 11.2. The van der Waals surface area contributed by atoms with Gasteiger partial charge >= 0.3 is 11.9 Å². The number of anilines is 1. The Morgan fingerprint density at radius 1 is 0.771 bits per heavy atom. The molecule has 250 valence electrons. The molecule has 4 aromatic rings. The van der Waals surface area contributed by atoms with Crippen LogP contribution in [0, 0.1) is 0 Å². The summed E-state index contributed by atoms with van der Waals surface area (Å²) in [7, 11) is 0. The van der Waals surface area contributed by atoms with Crippen LogP contribution in [-0.4, -0.2) is 41.5 Å². The first kappa shape index (κ1) is 35.7. The second kappa shape index (κ2) is 18.3. The van der Waals surface area contributed by atoms with Gasteiger partial charge in [-0.15, -0.1) is 0 Å². The van der Waals surface area contributed by atoms with Crippen molar-refractivity contribution in [3.05, 3.63) is 124 Å². The monoisotopic (exact) mass is 670 g/mol. The average molecular weight is 671 g/mol. The molecule has 0 aromatic heterocycles. The van der Waals surface area contributed by atoms with Crippen molar-refractivity contribution in [2.24, 2.45) is 0 Å². The number of ether oxygens (including phenoxy) is 2. The number of nitrogens with one attached hydrogen (secondary N) is 2. The van der Waals surface area contributed by atoms with Crippen molar-refractivity contribution in [2.75, 3.05) is 11.9 Å². The zero-order chi connectivity index (χ0) is 34.3. The van der Waals surface area contributed by atoms with Crippen molar-refractivity contribution in [1.82, 2.24) is 5.32 Å². The van der Waals surface area contributed by atoms with Gasteiger partial charge in [0, 0.05) is 22.7 Å². The van der Waals surface area contributed by atoms with Gasteiger partial charge in [-0.3, -0.25) is 9.59 Å². The maximum Gasteiger partial charge on any atom is 0.343 e. The van der Waals surface area contributed by atoms with E-state index in [9.17, 15) is 24.3 Å². The predicted molar refractivity (Wildman–Crippen MR) is 185 cm³/mol. The largest absolute Gasteiger partial charge is 0.494 e. The third kappa shape index (κ3) is 11.6. The molecule has 4 aromatic carbocycles. The molecule has 0 fully saturated rings. The smallest absolute Gasteiger partial charge is 0.343 e. The van der Waals surface area contributed by atoms with Gasteiger partial charge < -0.3 is 25.2 Å². The summed E-state index contributed by atoms with van der Waals surface area (Å²) in [6.45, 7) is 2.81. The summed E-state index contributed by atoms with van der Waals surface area (Å²) in [6, 6.07) is 25.1. The molecule has 1 atom stereocenters. The van der Waals surface area contributed by atoms with E-state index in [2.05, 4.69) is 17.6 Å². The van der Waals surface area contributed by atoms with Gasteiger partial charge in [0.15, 0.2) is 0 Å². The highest BCUT2D eigenvalue weighted by Crippen LogP contribution is 2.19. The maximum atomic E-state index is 12.8. The molecular formula is C38H39ClN2O7. The topological polar surface area (TPSA) is 131 Å². The molecule has 0 heterocycles. The third-order valence-corrected chi connectivity index (χ3v) is 7.70. The van der Waals surface area contributed by atoms with Crippen LogP contribution < -0.4 is 20.1 Å². The van der Waals surface area contributed by atoms with Crippen molar-refractivity contribution < 1.29 is 33.8 Å². The number of carboxylic acid groups (broad SMARTS) is 1. The highest BCUT2D eigenvalue weighted by Gasteiger charge is 2.21. The molecule has 0 saturated heterocycles. The fraction of sp³-hybridized carbons (Fsp3) is 0.263. The lowest BCUT2D eigenvalue weighted by atomic mass is 10.0. The van der Waals surface area contributed by atoms with Crippen LogP contribution in [0.25, 0.3) is 0 Å². The summed E-state index contributed by atoms with van der Waals surface area (Å²) in [5, 5.41) is 15.6. The predicted octanol–water partition coefficient (Wildman–Crippen LogP) is 7.52. The first-order chi connectivity index (χ1) is 23.2. The van der Waals surface area contributed by atoms with E-state index in [1.165, 1.54) is 31.4 Å². The minimum absolute atomic E-state index is 0.00695. The molecule has 48 heavy (non-hydrogen) atoms. The number of hydrogen-bond donors (Lipinski definition) is 3. The molecule has 0 saturated carbocycles. The Bertz CT molecular complexity index is 1670. The van der Waals surface area contributed by atoms with Gasteiger partial charge in [0.2, 0.25) is 5.91 Å². The Balaban J connectivity index is 1.24. The maximum absolute atomic E-state index is 12.8. The summed E-state index contributed by atoms with van der Waals surface area (Å²) >= 11 is 5.98. The molecule has 4 rings (SSSR count). The molecule has 0 aliphatic heterocycles. The number of esters is 1. The minimum Gasteiger partial charge on any atom is -0.494 e. The Kier molecular flexibility index (Phi) is 13.6. The number of carbonyl (C=O) groups excluding carboxylic acids is 3. The molecule has 2 amide bonds. The van der Waals surface area contributed by atoms with Crippen LogP contribution in [0.15, 0.2) is 97.1 Å². The molecule has 1 unspecified atom stereocenters. The molecule has 0 aliphatic carbocycles. The zero-order valence-corrected chi connectivity index (χ0v) is 27.5. The molecule has 9 nitrogen and oxygen atoms in total. The Morgan fingerprint density at radius 3 is 2.10 bits per heavy atom. The number of carbonyl (C=O) groups is 4. The van der Waals surface area contributed by atoms with Crippen LogP contribution in [0.5, 0.6) is 11.5 Å². The number of aliphatic carboxylic acids is 1. The number of carboxylic acids is 1. The number of benzene rings is 4. The lowest BCUT2D eigenvalue weighted by Gasteiger charge is -2.15. The van der Waals surface area contributed by atoms with Crippen molar-refractivity contribution in [2.45, 2.75) is 57.9 Å².